The lowest BCUT2D eigenvalue weighted by atomic mass is 10.3. The van der Waals surface area contributed by atoms with Crippen molar-refractivity contribution in [1.82, 2.24) is 5.32 Å². The molecule has 1 aliphatic rings. The van der Waals surface area contributed by atoms with Crippen LogP contribution in [-0.2, 0) is 9.59 Å². The average molecular weight is 303 g/mol. The SMILES string of the molecule is O=C(/C=C1/NC(=O)CS1)Nc1c(Cl)cccc1Cl. The van der Waals surface area contributed by atoms with Crippen LogP contribution < -0.4 is 10.6 Å². The standard InChI is InChI=1S/C11H8Cl2N2O2S/c12-6-2-1-3-7(13)11(6)15-8(16)4-10-14-9(17)5-18-10/h1-4H,5H2,(H,14,17)(H,15,16)/b10-4-. The van der Waals surface area contributed by atoms with Crippen LogP contribution in [0.15, 0.2) is 29.3 Å². The molecular weight excluding hydrogens is 295 g/mol. The highest BCUT2D eigenvalue weighted by atomic mass is 35.5. The molecule has 2 amide bonds. The van der Waals surface area contributed by atoms with Crippen LogP contribution >= 0.6 is 35.0 Å². The highest BCUT2D eigenvalue weighted by molar-refractivity contribution is 8.04. The zero-order chi connectivity index (χ0) is 13.1. The molecule has 94 valence electrons. The van der Waals surface area contributed by atoms with Crippen LogP contribution in [0.4, 0.5) is 5.69 Å². The quantitative estimate of drug-likeness (QED) is 0.826. The molecule has 0 saturated carbocycles. The molecule has 1 saturated heterocycles. The molecule has 0 bridgehead atoms. The summed E-state index contributed by atoms with van der Waals surface area (Å²) in [6.45, 7) is 0. The third-order valence-corrected chi connectivity index (χ3v) is 3.66. The van der Waals surface area contributed by atoms with E-state index in [-0.39, 0.29) is 5.91 Å². The van der Waals surface area contributed by atoms with Crippen molar-refractivity contribution in [2.75, 3.05) is 11.1 Å². The lowest BCUT2D eigenvalue weighted by molar-refractivity contribution is -0.117. The summed E-state index contributed by atoms with van der Waals surface area (Å²) in [4.78, 5) is 22.7. The van der Waals surface area contributed by atoms with Gasteiger partial charge in [0.2, 0.25) is 5.91 Å². The number of hydrogen-bond donors (Lipinski definition) is 2. The molecule has 2 N–H and O–H groups in total. The van der Waals surface area contributed by atoms with Crippen LogP contribution in [0.3, 0.4) is 0 Å². The van der Waals surface area contributed by atoms with E-state index >= 15 is 0 Å². The Morgan fingerprint density at radius 3 is 2.61 bits per heavy atom. The van der Waals surface area contributed by atoms with Gasteiger partial charge in [-0.25, -0.2) is 0 Å². The molecule has 2 rings (SSSR count). The second-order valence-corrected chi connectivity index (χ2v) is 5.26. The molecule has 0 unspecified atom stereocenters. The normalized spacial score (nSPS) is 16.8. The fourth-order valence-electron chi connectivity index (χ4n) is 1.33. The number of rotatable bonds is 2. The van der Waals surface area contributed by atoms with Crippen LogP contribution in [0, 0.1) is 0 Å². The summed E-state index contributed by atoms with van der Waals surface area (Å²) in [5.74, 6) is -0.184. The maximum Gasteiger partial charge on any atom is 0.251 e. The molecule has 1 aliphatic heterocycles. The number of thioether (sulfide) groups is 1. The summed E-state index contributed by atoms with van der Waals surface area (Å²) in [6.07, 6.45) is 1.30. The summed E-state index contributed by atoms with van der Waals surface area (Å²) < 4.78 is 0. The zero-order valence-corrected chi connectivity index (χ0v) is 11.3. The molecular formula is C11H8Cl2N2O2S. The van der Waals surface area contributed by atoms with Gasteiger partial charge in [0.15, 0.2) is 0 Å². The van der Waals surface area contributed by atoms with Gasteiger partial charge in [0.1, 0.15) is 0 Å². The lowest BCUT2D eigenvalue weighted by Crippen LogP contribution is -2.16. The molecule has 1 fully saturated rings. The molecule has 1 aromatic carbocycles. The van der Waals surface area contributed by atoms with Crippen molar-refractivity contribution in [3.63, 3.8) is 0 Å². The van der Waals surface area contributed by atoms with Gasteiger partial charge in [-0.3, -0.25) is 9.59 Å². The second-order valence-electron chi connectivity index (χ2n) is 3.43. The van der Waals surface area contributed by atoms with Gasteiger partial charge < -0.3 is 10.6 Å². The van der Waals surface area contributed by atoms with E-state index in [1.165, 1.54) is 17.8 Å². The number of hydrogen-bond acceptors (Lipinski definition) is 3. The molecule has 4 nitrogen and oxygen atoms in total. The Labute approximate surface area is 118 Å². The van der Waals surface area contributed by atoms with Gasteiger partial charge in [-0.1, -0.05) is 41.0 Å². The van der Waals surface area contributed by atoms with Crippen molar-refractivity contribution in [2.24, 2.45) is 0 Å². The van der Waals surface area contributed by atoms with E-state index in [2.05, 4.69) is 10.6 Å². The van der Waals surface area contributed by atoms with Crippen LogP contribution in [0.2, 0.25) is 10.0 Å². The molecule has 18 heavy (non-hydrogen) atoms. The molecule has 1 aromatic rings. The van der Waals surface area contributed by atoms with Crippen molar-refractivity contribution in [2.45, 2.75) is 0 Å². The summed E-state index contributed by atoms with van der Waals surface area (Å²) in [7, 11) is 0. The van der Waals surface area contributed by atoms with Gasteiger partial charge in [-0.15, -0.1) is 0 Å². The van der Waals surface area contributed by atoms with Crippen molar-refractivity contribution in [3.8, 4) is 0 Å². The van der Waals surface area contributed by atoms with Crippen LogP contribution in [-0.4, -0.2) is 17.6 Å². The topological polar surface area (TPSA) is 58.2 Å². The Balaban J connectivity index is 2.10. The Morgan fingerprint density at radius 2 is 2.06 bits per heavy atom. The third kappa shape index (κ3) is 3.19. The number of carbonyl (C=O) groups excluding carboxylic acids is 2. The van der Waals surface area contributed by atoms with Crippen molar-refractivity contribution >= 4 is 52.5 Å². The third-order valence-electron chi connectivity index (χ3n) is 2.09. The first-order chi connectivity index (χ1) is 8.56. The van der Waals surface area contributed by atoms with Gasteiger partial charge in [-0.2, -0.15) is 0 Å². The summed E-state index contributed by atoms with van der Waals surface area (Å²) >= 11 is 13.1. The van der Waals surface area contributed by atoms with Gasteiger partial charge in [-0.05, 0) is 12.1 Å². The van der Waals surface area contributed by atoms with E-state index in [9.17, 15) is 9.59 Å². The van der Waals surface area contributed by atoms with Gasteiger partial charge in [0, 0.05) is 6.08 Å². The number of carbonyl (C=O) groups is 2. The number of halogens is 2. The van der Waals surface area contributed by atoms with Crippen LogP contribution in [0.1, 0.15) is 0 Å². The molecule has 0 spiro atoms. The molecule has 0 radical (unpaired) electrons. The van der Waals surface area contributed by atoms with E-state index < -0.39 is 5.91 Å². The fraction of sp³-hybridized carbons (Fsp3) is 0.0909. The van der Waals surface area contributed by atoms with Crippen molar-refractivity contribution in [1.29, 1.82) is 0 Å². The van der Waals surface area contributed by atoms with Crippen LogP contribution in [0.5, 0.6) is 0 Å². The highest BCUT2D eigenvalue weighted by Gasteiger charge is 2.16. The number of nitrogens with one attached hydrogen (secondary N) is 2. The van der Waals surface area contributed by atoms with Gasteiger partial charge in [0.25, 0.3) is 5.91 Å². The monoisotopic (exact) mass is 302 g/mol. The minimum Gasteiger partial charge on any atom is -0.320 e. The Hall–Kier alpha value is -1.17. The predicted octanol–water partition coefficient (Wildman–Crippen LogP) is 2.64. The Bertz CT molecular complexity index is 526. The molecule has 1 heterocycles. The zero-order valence-electron chi connectivity index (χ0n) is 9.00. The smallest absolute Gasteiger partial charge is 0.251 e. The molecule has 0 aliphatic carbocycles. The van der Waals surface area contributed by atoms with E-state index in [1.54, 1.807) is 18.2 Å². The minimum absolute atomic E-state index is 0.116. The lowest BCUT2D eigenvalue weighted by Gasteiger charge is -2.07. The largest absolute Gasteiger partial charge is 0.320 e. The number of benzene rings is 1. The van der Waals surface area contributed by atoms with Crippen LogP contribution in [0.25, 0.3) is 0 Å². The van der Waals surface area contributed by atoms with E-state index in [4.69, 9.17) is 23.2 Å². The summed E-state index contributed by atoms with van der Waals surface area (Å²) in [5.41, 5.74) is 0.358. The maximum absolute atomic E-state index is 11.7. The number of anilines is 1. The van der Waals surface area contributed by atoms with Gasteiger partial charge >= 0.3 is 0 Å². The summed E-state index contributed by atoms with van der Waals surface area (Å²) in [6, 6.07) is 4.94. The number of amides is 2. The van der Waals surface area contributed by atoms with Crippen molar-refractivity contribution < 1.29 is 9.59 Å². The first-order valence-electron chi connectivity index (χ1n) is 4.95. The fourth-order valence-corrected chi connectivity index (χ4v) is 2.55. The highest BCUT2D eigenvalue weighted by Crippen LogP contribution is 2.30. The Morgan fingerprint density at radius 1 is 1.39 bits per heavy atom. The van der Waals surface area contributed by atoms with Crippen molar-refractivity contribution in [3.05, 3.63) is 39.3 Å². The average Bonchev–Trinajstić information content (AvgIpc) is 2.69. The molecule has 7 heteroatoms. The molecule has 0 atom stereocenters. The summed E-state index contributed by atoms with van der Waals surface area (Å²) in [5, 5.41) is 6.37. The maximum atomic E-state index is 11.7. The number of para-hydroxylation sites is 1. The van der Waals surface area contributed by atoms with Gasteiger partial charge in [0.05, 0.1) is 26.5 Å². The first kappa shape index (κ1) is 13.3. The van der Waals surface area contributed by atoms with E-state index in [0.29, 0.717) is 26.5 Å². The van der Waals surface area contributed by atoms with E-state index in [0.717, 1.165) is 0 Å². The second kappa shape index (κ2) is 5.65. The molecule has 0 aromatic heterocycles. The minimum atomic E-state index is -0.394. The Kier molecular flexibility index (Phi) is 4.16. The predicted molar refractivity (Wildman–Crippen MR) is 73.8 cm³/mol. The first-order valence-corrected chi connectivity index (χ1v) is 6.70. The van der Waals surface area contributed by atoms with E-state index in [1.807, 2.05) is 0 Å².